The maximum atomic E-state index is 12.9. The molecule has 5 rings (SSSR count). The van der Waals surface area contributed by atoms with E-state index >= 15 is 0 Å². The highest BCUT2D eigenvalue weighted by Crippen LogP contribution is 2.36. The van der Waals surface area contributed by atoms with Gasteiger partial charge in [-0.3, -0.25) is 9.80 Å². The maximum Gasteiger partial charge on any atom is 0.417 e. The number of rotatable bonds is 8. The fourth-order valence-electron chi connectivity index (χ4n) is 4.30. The highest BCUT2D eigenvalue weighted by molar-refractivity contribution is 7.18. The lowest BCUT2D eigenvalue weighted by Gasteiger charge is -2.34. The van der Waals surface area contributed by atoms with E-state index in [2.05, 4.69) is 24.9 Å². The Hall–Kier alpha value is -2.77. The summed E-state index contributed by atoms with van der Waals surface area (Å²) in [5.74, 6) is 1.23. The number of β-amino-alcohol motifs (C(OH)–C–C–N with tert-alkyl or cyclic N) is 1. The highest BCUT2D eigenvalue weighted by Gasteiger charge is 2.33. The molecule has 202 valence electrons. The average Bonchev–Trinajstić information content (AvgIpc) is 3.48. The molecule has 2 aromatic carbocycles. The molecule has 0 aliphatic carbocycles. The molecule has 2 aromatic heterocycles. The lowest BCUT2D eigenvalue weighted by molar-refractivity contribution is -0.137. The van der Waals surface area contributed by atoms with Crippen LogP contribution in [0.25, 0.3) is 21.6 Å². The van der Waals surface area contributed by atoms with Crippen molar-refractivity contribution in [3.05, 3.63) is 57.9 Å². The number of alkyl halides is 3. The molecule has 4 aromatic rings. The number of benzene rings is 2. The SMILES string of the molecule is Cc1nc2cc(OC[C@H](O)CN3CCN(Cc4nc(-c5ccc(C(F)(F)F)c(Cl)c5)no4)CC3)ccc2s1. The van der Waals surface area contributed by atoms with Crippen LogP contribution in [0.3, 0.4) is 0 Å². The van der Waals surface area contributed by atoms with Crippen molar-refractivity contribution in [2.75, 3.05) is 39.3 Å². The van der Waals surface area contributed by atoms with Crippen LogP contribution in [0.2, 0.25) is 5.02 Å². The van der Waals surface area contributed by atoms with Gasteiger partial charge in [0.25, 0.3) is 0 Å². The molecule has 8 nitrogen and oxygen atoms in total. The number of aliphatic hydroxyl groups excluding tert-OH is 1. The molecule has 1 saturated heterocycles. The maximum absolute atomic E-state index is 12.9. The van der Waals surface area contributed by atoms with Crippen molar-refractivity contribution in [3.63, 3.8) is 0 Å². The second kappa shape index (κ2) is 11.1. The van der Waals surface area contributed by atoms with Gasteiger partial charge in [-0.15, -0.1) is 11.3 Å². The van der Waals surface area contributed by atoms with Crippen molar-refractivity contribution in [1.82, 2.24) is 24.9 Å². The molecule has 38 heavy (non-hydrogen) atoms. The van der Waals surface area contributed by atoms with Crippen LogP contribution >= 0.6 is 22.9 Å². The predicted molar refractivity (Wildman–Crippen MR) is 137 cm³/mol. The van der Waals surface area contributed by atoms with Crippen LogP contribution in [0.15, 0.2) is 40.9 Å². The third-order valence-corrected chi connectivity index (χ3v) is 7.47. The number of piperazine rings is 1. The van der Waals surface area contributed by atoms with Crippen molar-refractivity contribution in [3.8, 4) is 17.1 Å². The van der Waals surface area contributed by atoms with Crippen molar-refractivity contribution in [2.45, 2.75) is 25.7 Å². The minimum Gasteiger partial charge on any atom is -0.491 e. The zero-order valence-corrected chi connectivity index (χ0v) is 22.0. The Morgan fingerprint density at radius 1 is 1.11 bits per heavy atom. The molecule has 1 N–H and O–H groups in total. The molecule has 0 radical (unpaired) electrons. The normalized spacial score (nSPS) is 16.3. The van der Waals surface area contributed by atoms with Crippen molar-refractivity contribution >= 4 is 33.2 Å². The van der Waals surface area contributed by atoms with E-state index in [4.69, 9.17) is 20.9 Å². The summed E-state index contributed by atoms with van der Waals surface area (Å²) in [6.45, 7) is 6.02. The van der Waals surface area contributed by atoms with Gasteiger partial charge in [0.05, 0.1) is 32.4 Å². The number of ether oxygens (including phenoxy) is 1. The Bertz CT molecular complexity index is 1400. The van der Waals surface area contributed by atoms with E-state index in [0.717, 1.165) is 47.5 Å². The fraction of sp³-hybridized carbons (Fsp3) is 0.400. The molecule has 1 aliphatic heterocycles. The molecule has 0 saturated carbocycles. The Morgan fingerprint density at radius 2 is 1.87 bits per heavy atom. The third kappa shape index (κ3) is 6.44. The van der Waals surface area contributed by atoms with Gasteiger partial charge in [0, 0.05) is 44.4 Å². The van der Waals surface area contributed by atoms with E-state index in [-0.39, 0.29) is 12.4 Å². The summed E-state index contributed by atoms with van der Waals surface area (Å²) >= 11 is 7.43. The molecule has 3 heterocycles. The molecule has 0 unspecified atom stereocenters. The van der Waals surface area contributed by atoms with E-state index in [1.165, 1.54) is 12.1 Å². The van der Waals surface area contributed by atoms with Gasteiger partial charge in [0.1, 0.15) is 18.5 Å². The lowest BCUT2D eigenvalue weighted by atomic mass is 10.1. The summed E-state index contributed by atoms with van der Waals surface area (Å²) in [7, 11) is 0. The zero-order valence-electron chi connectivity index (χ0n) is 20.4. The number of nitrogens with zero attached hydrogens (tertiary/aromatic N) is 5. The molecule has 0 amide bonds. The summed E-state index contributed by atoms with van der Waals surface area (Å²) in [4.78, 5) is 13.1. The van der Waals surface area contributed by atoms with Gasteiger partial charge in [0.15, 0.2) is 0 Å². The van der Waals surface area contributed by atoms with Gasteiger partial charge < -0.3 is 14.4 Å². The van der Waals surface area contributed by atoms with Gasteiger partial charge in [-0.1, -0.05) is 22.8 Å². The van der Waals surface area contributed by atoms with Crippen LogP contribution in [0.5, 0.6) is 5.75 Å². The first-order valence-corrected chi connectivity index (χ1v) is 13.2. The highest BCUT2D eigenvalue weighted by atomic mass is 35.5. The molecule has 0 spiro atoms. The smallest absolute Gasteiger partial charge is 0.417 e. The third-order valence-electron chi connectivity index (χ3n) is 6.20. The largest absolute Gasteiger partial charge is 0.491 e. The van der Waals surface area contributed by atoms with Gasteiger partial charge in [-0.25, -0.2) is 4.98 Å². The van der Waals surface area contributed by atoms with Crippen molar-refractivity contribution in [1.29, 1.82) is 0 Å². The standard InChI is InChI=1S/C25H25ClF3N5O3S/c1-15-30-21-11-18(3-5-22(21)38-15)36-14-17(35)12-33-6-8-34(9-7-33)13-23-31-24(32-37-23)16-2-4-19(20(26)10-16)25(27,28)29/h2-5,10-11,17,35H,6-9,12-14H2,1H3/t17-/m1/s1. The number of aryl methyl sites for hydroxylation is 1. The monoisotopic (exact) mass is 567 g/mol. The van der Waals surface area contributed by atoms with Crippen LogP contribution in [0.4, 0.5) is 13.2 Å². The topological polar surface area (TPSA) is 87.8 Å². The lowest BCUT2D eigenvalue weighted by Crippen LogP contribution is -2.48. The summed E-state index contributed by atoms with van der Waals surface area (Å²) in [6.07, 6.45) is -5.16. The molecule has 13 heteroatoms. The first kappa shape index (κ1) is 26.8. The van der Waals surface area contributed by atoms with Gasteiger partial charge in [-0.05, 0) is 31.2 Å². The number of hydrogen-bond donors (Lipinski definition) is 1. The van der Waals surface area contributed by atoms with Crippen LogP contribution in [-0.2, 0) is 12.7 Å². The number of halogens is 4. The second-order valence-corrected chi connectivity index (χ2v) is 10.8. The Balaban J connectivity index is 1.07. The number of aliphatic hydroxyl groups is 1. The summed E-state index contributed by atoms with van der Waals surface area (Å²) in [5, 5.41) is 14.9. The Labute approximate surface area is 225 Å². The second-order valence-electron chi connectivity index (χ2n) is 9.11. The Morgan fingerprint density at radius 3 is 2.61 bits per heavy atom. The molecule has 0 bridgehead atoms. The van der Waals surface area contributed by atoms with Crippen LogP contribution in [0, 0.1) is 6.92 Å². The quantitative estimate of drug-likeness (QED) is 0.322. The van der Waals surface area contributed by atoms with E-state index in [0.29, 0.717) is 30.3 Å². The number of hydrogen-bond acceptors (Lipinski definition) is 9. The molecular formula is C25H25ClF3N5O3S. The summed E-state index contributed by atoms with van der Waals surface area (Å²) in [5.41, 5.74) is 0.334. The fourth-order valence-corrected chi connectivity index (χ4v) is 5.39. The Kier molecular flexibility index (Phi) is 7.87. The van der Waals surface area contributed by atoms with Crippen LogP contribution in [0.1, 0.15) is 16.5 Å². The molecule has 1 fully saturated rings. The molecule has 1 aliphatic rings. The van der Waals surface area contributed by atoms with Crippen LogP contribution < -0.4 is 4.74 Å². The molecule has 1 atom stereocenters. The summed E-state index contributed by atoms with van der Waals surface area (Å²) in [6, 6.07) is 9.12. The minimum atomic E-state index is -4.53. The van der Waals surface area contributed by atoms with Crippen LogP contribution in [-0.4, -0.2) is 75.5 Å². The van der Waals surface area contributed by atoms with E-state index in [1.54, 1.807) is 11.3 Å². The van der Waals surface area contributed by atoms with E-state index < -0.39 is 22.9 Å². The van der Waals surface area contributed by atoms with E-state index in [9.17, 15) is 18.3 Å². The predicted octanol–water partition coefficient (Wildman–Crippen LogP) is 4.88. The first-order valence-electron chi connectivity index (χ1n) is 12.0. The van der Waals surface area contributed by atoms with Gasteiger partial charge >= 0.3 is 6.18 Å². The molecular weight excluding hydrogens is 543 g/mol. The zero-order chi connectivity index (χ0) is 26.9. The van der Waals surface area contributed by atoms with Gasteiger partial charge in [-0.2, -0.15) is 18.2 Å². The first-order chi connectivity index (χ1) is 18.1. The van der Waals surface area contributed by atoms with Gasteiger partial charge in [0.2, 0.25) is 11.7 Å². The minimum absolute atomic E-state index is 0.182. The van der Waals surface area contributed by atoms with Crippen molar-refractivity contribution in [2.24, 2.45) is 0 Å². The number of thiazole rings is 1. The number of aromatic nitrogens is 3. The average molecular weight is 568 g/mol. The van der Waals surface area contributed by atoms with E-state index in [1.807, 2.05) is 25.1 Å². The number of fused-ring (bicyclic) bond motifs is 1. The van der Waals surface area contributed by atoms with Crippen molar-refractivity contribution < 1.29 is 27.5 Å². The summed E-state index contributed by atoms with van der Waals surface area (Å²) < 4.78 is 51.0.